The van der Waals surface area contributed by atoms with Crippen LogP contribution in [-0.2, 0) is 25.6 Å². The molecule has 3 fully saturated rings. The Morgan fingerprint density at radius 3 is 2.84 bits per heavy atom. The number of carbonyl (C=O) groups excluding carboxylic acids is 2. The largest absolute Gasteiger partial charge is 0.508 e. The van der Waals surface area contributed by atoms with Crippen molar-refractivity contribution >= 4 is 11.8 Å². The van der Waals surface area contributed by atoms with Gasteiger partial charge >= 0.3 is 0 Å². The van der Waals surface area contributed by atoms with Crippen LogP contribution in [0.4, 0.5) is 0 Å². The van der Waals surface area contributed by atoms with Gasteiger partial charge in [-0.25, -0.2) is 0 Å². The smallest absolute Gasteiger partial charge is 0.222 e. The first kappa shape index (κ1) is 22.0. The molecule has 0 bridgehead atoms. The fourth-order valence-electron chi connectivity index (χ4n) is 4.98. The molecule has 170 valence electrons. The van der Waals surface area contributed by atoms with Crippen molar-refractivity contribution in [2.75, 3.05) is 33.4 Å². The average molecular weight is 432 g/mol. The first-order chi connectivity index (χ1) is 15.0. The highest BCUT2D eigenvalue weighted by molar-refractivity contribution is 5.77. The Bertz CT molecular complexity index is 784. The number of hydrogen-bond acceptors (Lipinski definition) is 6. The fraction of sp³-hybridized carbons (Fsp3) is 0.652. The van der Waals surface area contributed by atoms with Gasteiger partial charge in [0.2, 0.25) is 11.8 Å². The highest BCUT2D eigenvalue weighted by Gasteiger charge is 2.51. The van der Waals surface area contributed by atoms with Crippen molar-refractivity contribution in [1.29, 1.82) is 0 Å². The Hall–Kier alpha value is -2.16. The first-order valence-corrected chi connectivity index (χ1v) is 11.2. The molecule has 2 aliphatic heterocycles. The van der Waals surface area contributed by atoms with Gasteiger partial charge in [-0.05, 0) is 36.5 Å². The zero-order valence-electron chi connectivity index (χ0n) is 18.1. The number of fused-ring (bicyclic) bond motifs is 1. The van der Waals surface area contributed by atoms with Crippen molar-refractivity contribution in [2.45, 2.75) is 50.4 Å². The van der Waals surface area contributed by atoms with Gasteiger partial charge in [-0.3, -0.25) is 14.5 Å². The predicted octanol–water partition coefficient (Wildman–Crippen LogP) is 1.03. The molecule has 2 amide bonds. The number of nitrogens with zero attached hydrogens (tertiary/aromatic N) is 1. The second kappa shape index (κ2) is 9.97. The van der Waals surface area contributed by atoms with Crippen LogP contribution in [0.1, 0.15) is 31.2 Å². The van der Waals surface area contributed by atoms with Gasteiger partial charge in [-0.2, -0.15) is 0 Å². The molecular weight excluding hydrogens is 398 g/mol. The lowest BCUT2D eigenvalue weighted by Gasteiger charge is -2.23. The van der Waals surface area contributed by atoms with Crippen molar-refractivity contribution in [3.63, 3.8) is 0 Å². The summed E-state index contributed by atoms with van der Waals surface area (Å²) in [6.45, 7) is 2.98. The molecule has 1 saturated carbocycles. The monoisotopic (exact) mass is 431 g/mol. The van der Waals surface area contributed by atoms with Crippen molar-refractivity contribution < 1.29 is 24.2 Å². The molecule has 1 aromatic rings. The summed E-state index contributed by atoms with van der Waals surface area (Å²) in [4.78, 5) is 27.3. The third kappa shape index (κ3) is 5.75. The van der Waals surface area contributed by atoms with E-state index in [0.717, 1.165) is 24.9 Å². The summed E-state index contributed by atoms with van der Waals surface area (Å²) in [6.07, 6.45) is 2.70. The zero-order chi connectivity index (χ0) is 21.8. The molecule has 8 heteroatoms. The third-order valence-corrected chi connectivity index (χ3v) is 6.54. The number of nitrogens with one attached hydrogen (secondary N) is 2. The molecule has 1 aliphatic carbocycles. The highest BCUT2D eigenvalue weighted by atomic mass is 16.5. The van der Waals surface area contributed by atoms with Gasteiger partial charge in [0.1, 0.15) is 5.75 Å². The number of hydrogen-bond donors (Lipinski definition) is 3. The molecule has 4 rings (SSSR count). The van der Waals surface area contributed by atoms with Gasteiger partial charge in [0, 0.05) is 51.2 Å². The third-order valence-electron chi connectivity index (χ3n) is 6.54. The Balaban J connectivity index is 1.43. The van der Waals surface area contributed by atoms with Crippen LogP contribution in [0.3, 0.4) is 0 Å². The van der Waals surface area contributed by atoms with E-state index in [4.69, 9.17) is 9.47 Å². The highest BCUT2D eigenvalue weighted by Crippen LogP contribution is 2.42. The van der Waals surface area contributed by atoms with E-state index in [1.807, 2.05) is 12.1 Å². The number of rotatable bonds is 10. The van der Waals surface area contributed by atoms with Gasteiger partial charge in [-0.15, -0.1) is 0 Å². The van der Waals surface area contributed by atoms with E-state index in [1.165, 1.54) is 0 Å². The van der Waals surface area contributed by atoms with E-state index in [2.05, 4.69) is 15.5 Å². The van der Waals surface area contributed by atoms with Gasteiger partial charge in [0.15, 0.2) is 0 Å². The molecule has 3 aliphatic rings. The Morgan fingerprint density at radius 1 is 1.26 bits per heavy atom. The Kier molecular flexibility index (Phi) is 7.09. The molecule has 0 radical (unpaired) electrons. The van der Waals surface area contributed by atoms with Crippen LogP contribution in [0.25, 0.3) is 0 Å². The summed E-state index contributed by atoms with van der Waals surface area (Å²) in [5.74, 6) is 0.577. The van der Waals surface area contributed by atoms with Crippen molar-refractivity contribution in [1.82, 2.24) is 15.5 Å². The zero-order valence-corrected chi connectivity index (χ0v) is 18.1. The van der Waals surface area contributed by atoms with E-state index < -0.39 is 0 Å². The quantitative estimate of drug-likeness (QED) is 0.479. The van der Waals surface area contributed by atoms with Crippen LogP contribution in [0, 0.1) is 11.8 Å². The van der Waals surface area contributed by atoms with E-state index in [0.29, 0.717) is 45.2 Å². The maximum absolute atomic E-state index is 12.6. The van der Waals surface area contributed by atoms with E-state index in [-0.39, 0.29) is 41.5 Å². The van der Waals surface area contributed by atoms with Crippen LogP contribution in [-0.4, -0.2) is 73.4 Å². The Labute approximate surface area is 183 Å². The molecule has 0 spiro atoms. The average Bonchev–Trinajstić information content (AvgIpc) is 3.34. The number of methoxy groups -OCH3 is 1. The van der Waals surface area contributed by atoms with Crippen molar-refractivity contribution in [2.24, 2.45) is 11.8 Å². The molecular formula is C23H33N3O5. The van der Waals surface area contributed by atoms with Crippen LogP contribution >= 0.6 is 0 Å². The van der Waals surface area contributed by atoms with E-state index in [1.54, 1.807) is 19.2 Å². The molecule has 4 atom stereocenters. The van der Waals surface area contributed by atoms with Crippen LogP contribution in [0.15, 0.2) is 24.3 Å². The summed E-state index contributed by atoms with van der Waals surface area (Å²) < 4.78 is 11.1. The van der Waals surface area contributed by atoms with Crippen molar-refractivity contribution in [3.05, 3.63) is 29.8 Å². The molecule has 1 aromatic carbocycles. The van der Waals surface area contributed by atoms with Gasteiger partial charge in [0.25, 0.3) is 0 Å². The second-order valence-corrected chi connectivity index (χ2v) is 8.97. The second-order valence-electron chi connectivity index (χ2n) is 8.97. The molecule has 2 saturated heterocycles. The summed E-state index contributed by atoms with van der Waals surface area (Å²) in [5, 5.41) is 15.8. The van der Waals surface area contributed by atoms with Crippen LogP contribution in [0.5, 0.6) is 5.75 Å². The number of phenols is 1. The van der Waals surface area contributed by atoms with Gasteiger partial charge in [-0.1, -0.05) is 12.1 Å². The minimum atomic E-state index is -0.194. The predicted molar refractivity (Wildman–Crippen MR) is 114 cm³/mol. The number of ether oxygens (including phenoxy) is 2. The number of carbonyl (C=O) groups is 2. The number of phenolic OH excluding ortho intramolecular Hbond substituents is 1. The number of amides is 2. The number of likely N-dealkylation sites (tertiary alicyclic amines) is 1. The van der Waals surface area contributed by atoms with Crippen LogP contribution < -0.4 is 10.6 Å². The maximum atomic E-state index is 12.6. The maximum Gasteiger partial charge on any atom is 0.222 e. The lowest BCUT2D eigenvalue weighted by Crippen LogP contribution is -2.36. The first-order valence-electron chi connectivity index (χ1n) is 11.2. The topological polar surface area (TPSA) is 100 Å². The number of benzene rings is 1. The summed E-state index contributed by atoms with van der Waals surface area (Å²) in [6, 6.07) is 7.79. The minimum Gasteiger partial charge on any atom is -0.508 e. The number of aromatic hydroxyl groups is 1. The van der Waals surface area contributed by atoms with E-state index in [9.17, 15) is 14.7 Å². The summed E-state index contributed by atoms with van der Waals surface area (Å²) >= 11 is 0. The van der Waals surface area contributed by atoms with Crippen molar-refractivity contribution in [3.8, 4) is 5.75 Å². The SMILES string of the molecule is COCCNC(=O)C[C@@H]1OC[C@@H]2[C@H]1[C@H](CC(=O)NC1CC1)CN2Cc1cccc(O)c1. The van der Waals surface area contributed by atoms with Gasteiger partial charge < -0.3 is 25.2 Å². The summed E-state index contributed by atoms with van der Waals surface area (Å²) in [5.41, 5.74) is 1.03. The summed E-state index contributed by atoms with van der Waals surface area (Å²) in [7, 11) is 1.60. The molecule has 0 aromatic heterocycles. The molecule has 8 nitrogen and oxygen atoms in total. The standard InChI is InChI=1S/C23H33N3O5/c1-30-8-7-24-21(28)11-20-23-16(10-22(29)25-17-5-6-17)13-26(19(23)14-31-20)12-15-3-2-4-18(27)9-15/h2-4,9,16-17,19-20,23,27H,5-8,10-14H2,1H3,(H,24,28)(H,25,29)/t16-,19-,20+,23-/m1/s1. The van der Waals surface area contributed by atoms with Crippen LogP contribution in [0.2, 0.25) is 0 Å². The molecule has 31 heavy (non-hydrogen) atoms. The molecule has 0 unspecified atom stereocenters. The normalized spacial score (nSPS) is 27.8. The molecule has 2 heterocycles. The van der Waals surface area contributed by atoms with E-state index >= 15 is 0 Å². The van der Waals surface area contributed by atoms with Gasteiger partial charge in [0.05, 0.1) is 25.7 Å². The lowest BCUT2D eigenvalue weighted by atomic mass is 9.84. The Morgan fingerprint density at radius 2 is 2.10 bits per heavy atom. The lowest BCUT2D eigenvalue weighted by molar-refractivity contribution is -0.124. The minimum absolute atomic E-state index is 0.0460. The molecule has 3 N–H and O–H groups in total. The fourth-order valence-corrected chi connectivity index (χ4v) is 4.98.